The van der Waals surface area contributed by atoms with E-state index in [9.17, 15) is 4.79 Å². The summed E-state index contributed by atoms with van der Waals surface area (Å²) >= 11 is -0.227. The topological polar surface area (TPSA) is 22.0 Å². The second-order valence-electron chi connectivity index (χ2n) is 6.27. The molecular formula is C23H19NOSe. The van der Waals surface area contributed by atoms with E-state index in [2.05, 4.69) is 41.0 Å². The Morgan fingerprint density at radius 2 is 1.46 bits per heavy atom. The summed E-state index contributed by atoms with van der Waals surface area (Å²) in [6.45, 7) is 0. The maximum absolute atomic E-state index is 13.2. The van der Waals surface area contributed by atoms with Crippen molar-refractivity contribution < 1.29 is 4.79 Å². The minimum absolute atomic E-state index is 0.227. The first-order chi connectivity index (χ1) is 12.7. The monoisotopic (exact) mass is 405 g/mol. The maximum atomic E-state index is 13.2. The fourth-order valence-corrected chi connectivity index (χ4v) is 5.17. The molecule has 0 spiro atoms. The molecule has 0 saturated carbocycles. The first kappa shape index (κ1) is 16.8. The van der Waals surface area contributed by atoms with Gasteiger partial charge < -0.3 is 0 Å². The van der Waals surface area contributed by atoms with Crippen LogP contribution < -0.4 is 4.46 Å². The summed E-state index contributed by atoms with van der Waals surface area (Å²) in [4.78, 5) is 13.2. The van der Waals surface area contributed by atoms with Crippen LogP contribution in [0.4, 0.5) is 0 Å². The number of hydrogen-bond donors (Lipinski definition) is 0. The van der Waals surface area contributed by atoms with Gasteiger partial charge in [-0.2, -0.15) is 0 Å². The van der Waals surface area contributed by atoms with Crippen molar-refractivity contribution in [1.82, 2.24) is 4.57 Å². The molecular weight excluding hydrogens is 385 g/mol. The van der Waals surface area contributed by atoms with Crippen molar-refractivity contribution in [3.8, 4) is 0 Å². The van der Waals surface area contributed by atoms with Crippen molar-refractivity contribution in [3.63, 3.8) is 0 Å². The first-order valence-electron chi connectivity index (χ1n) is 8.61. The molecule has 0 fully saturated rings. The van der Waals surface area contributed by atoms with Gasteiger partial charge in [0.15, 0.2) is 0 Å². The van der Waals surface area contributed by atoms with Crippen molar-refractivity contribution in [2.24, 2.45) is 7.05 Å². The van der Waals surface area contributed by atoms with E-state index in [0.717, 1.165) is 27.7 Å². The molecule has 0 aliphatic carbocycles. The van der Waals surface area contributed by atoms with Crippen LogP contribution in [0.2, 0.25) is 0 Å². The molecule has 0 saturated heterocycles. The zero-order valence-electron chi connectivity index (χ0n) is 14.6. The number of aromatic nitrogens is 1. The average molecular weight is 404 g/mol. The van der Waals surface area contributed by atoms with Crippen LogP contribution in [0.25, 0.3) is 10.9 Å². The Bertz CT molecular complexity index is 1050. The van der Waals surface area contributed by atoms with Crippen LogP contribution in [0.5, 0.6) is 0 Å². The van der Waals surface area contributed by atoms with Crippen molar-refractivity contribution in [3.05, 3.63) is 102 Å². The Morgan fingerprint density at radius 3 is 2.19 bits per heavy atom. The molecule has 0 unspecified atom stereocenters. The standard InChI is InChI=1S/C23H19NOSe/c1-24-21-15-9-8-14-19(21)20(16-17-10-4-2-5-11-17)22(24)23(25)26-18-12-6-3-7-13-18/h2-15H,16H2,1H3. The molecule has 128 valence electrons. The number of fused-ring (bicyclic) bond motifs is 1. The zero-order valence-corrected chi connectivity index (χ0v) is 16.3. The molecule has 0 bridgehead atoms. The van der Waals surface area contributed by atoms with E-state index in [1.54, 1.807) is 0 Å². The second kappa shape index (κ2) is 7.33. The number of rotatable bonds is 5. The third-order valence-corrected chi connectivity index (χ3v) is 6.44. The van der Waals surface area contributed by atoms with Gasteiger partial charge in [-0.3, -0.25) is 0 Å². The van der Waals surface area contributed by atoms with Gasteiger partial charge in [0.1, 0.15) is 0 Å². The predicted octanol–water partition coefficient (Wildman–Crippen LogP) is 3.94. The van der Waals surface area contributed by atoms with E-state index in [1.165, 1.54) is 10.9 Å². The summed E-state index contributed by atoms with van der Waals surface area (Å²) < 4.78 is 3.41. The summed E-state index contributed by atoms with van der Waals surface area (Å²) in [5.74, 6) is 0. The molecule has 0 aliphatic rings. The molecule has 3 aromatic carbocycles. The van der Waals surface area contributed by atoms with E-state index in [4.69, 9.17) is 0 Å². The quantitative estimate of drug-likeness (QED) is 0.462. The predicted molar refractivity (Wildman–Crippen MR) is 108 cm³/mol. The molecule has 1 heterocycles. The number of nitrogens with zero attached hydrogens (tertiary/aromatic N) is 1. The van der Waals surface area contributed by atoms with E-state index in [1.807, 2.05) is 55.6 Å². The van der Waals surface area contributed by atoms with Crippen molar-refractivity contribution in [1.29, 1.82) is 0 Å². The van der Waals surface area contributed by atoms with Gasteiger partial charge in [0, 0.05) is 0 Å². The zero-order chi connectivity index (χ0) is 17.9. The Morgan fingerprint density at radius 1 is 0.846 bits per heavy atom. The Labute approximate surface area is 159 Å². The van der Waals surface area contributed by atoms with Gasteiger partial charge in [-0.25, -0.2) is 0 Å². The SMILES string of the molecule is Cn1c(C(=O)[Se]c2ccccc2)c(Cc2ccccc2)c2ccccc21. The van der Waals surface area contributed by atoms with Gasteiger partial charge in [-0.05, 0) is 0 Å². The average Bonchev–Trinajstić information content (AvgIpc) is 2.96. The molecule has 0 radical (unpaired) electrons. The molecule has 0 N–H and O–H groups in total. The fraction of sp³-hybridized carbons (Fsp3) is 0.0870. The summed E-state index contributed by atoms with van der Waals surface area (Å²) in [5, 5.41) is 1.17. The van der Waals surface area contributed by atoms with Crippen LogP contribution in [0.15, 0.2) is 84.9 Å². The van der Waals surface area contributed by atoms with Gasteiger partial charge >= 0.3 is 160 Å². The van der Waals surface area contributed by atoms with E-state index in [0.29, 0.717) is 0 Å². The summed E-state index contributed by atoms with van der Waals surface area (Å²) in [6.07, 6.45) is 0.772. The number of benzene rings is 3. The molecule has 0 amide bonds. The van der Waals surface area contributed by atoms with Crippen molar-refractivity contribution in [2.45, 2.75) is 6.42 Å². The van der Waals surface area contributed by atoms with Crippen molar-refractivity contribution in [2.75, 3.05) is 0 Å². The van der Waals surface area contributed by atoms with Crippen LogP contribution >= 0.6 is 0 Å². The van der Waals surface area contributed by atoms with E-state index < -0.39 is 0 Å². The van der Waals surface area contributed by atoms with Gasteiger partial charge in [0.2, 0.25) is 0 Å². The minimum atomic E-state index is -0.227. The van der Waals surface area contributed by atoms with Gasteiger partial charge in [0.05, 0.1) is 0 Å². The van der Waals surface area contributed by atoms with Crippen LogP contribution in [-0.2, 0) is 13.5 Å². The summed E-state index contributed by atoms with van der Waals surface area (Å²) in [6, 6.07) is 28.7. The molecule has 0 atom stereocenters. The number of aryl methyl sites for hydroxylation is 1. The molecule has 2 nitrogen and oxygen atoms in total. The number of hydrogen-bond acceptors (Lipinski definition) is 1. The Balaban J connectivity index is 1.81. The number of carbonyl (C=O) groups excluding carboxylic acids is 1. The van der Waals surface area contributed by atoms with Gasteiger partial charge in [-0.15, -0.1) is 0 Å². The molecule has 4 rings (SSSR count). The molecule has 1 aromatic heterocycles. The third-order valence-electron chi connectivity index (χ3n) is 4.58. The normalized spacial score (nSPS) is 11.0. The van der Waals surface area contributed by atoms with Crippen LogP contribution in [0.3, 0.4) is 0 Å². The Hall–Kier alpha value is -2.61. The fourth-order valence-electron chi connectivity index (χ4n) is 3.35. The van der Waals surface area contributed by atoms with Gasteiger partial charge in [0.25, 0.3) is 0 Å². The summed E-state index contributed by atoms with van der Waals surface area (Å²) in [7, 11) is 2.01. The molecule has 4 aromatic rings. The third kappa shape index (κ3) is 3.24. The Kier molecular flexibility index (Phi) is 4.74. The van der Waals surface area contributed by atoms with E-state index >= 15 is 0 Å². The second-order valence-corrected chi connectivity index (χ2v) is 8.46. The van der Waals surface area contributed by atoms with Crippen LogP contribution in [-0.4, -0.2) is 24.2 Å². The van der Waals surface area contributed by atoms with Crippen LogP contribution in [0, 0.1) is 0 Å². The molecule has 3 heteroatoms. The number of carbonyl (C=O) groups is 1. The first-order valence-corrected chi connectivity index (χ1v) is 10.3. The van der Waals surface area contributed by atoms with Gasteiger partial charge in [-0.1, -0.05) is 0 Å². The van der Waals surface area contributed by atoms with E-state index in [-0.39, 0.29) is 19.6 Å². The van der Waals surface area contributed by atoms with Crippen molar-refractivity contribution >= 4 is 35.0 Å². The summed E-state index contributed by atoms with van der Waals surface area (Å²) in [5.41, 5.74) is 4.33. The molecule has 0 aliphatic heterocycles. The number of para-hydroxylation sites is 1. The van der Waals surface area contributed by atoms with Crippen LogP contribution in [0.1, 0.15) is 21.6 Å². The molecule has 26 heavy (non-hydrogen) atoms.